The second kappa shape index (κ2) is 3.25. The van der Waals surface area contributed by atoms with Gasteiger partial charge in [0.15, 0.2) is 0 Å². The third kappa shape index (κ3) is 1.57. The number of hydrogen-bond donors (Lipinski definition) is 1. The Morgan fingerprint density at radius 3 is 2.93 bits per heavy atom. The number of aromatic amines is 1. The Hall–Kier alpha value is -1.53. The van der Waals surface area contributed by atoms with Crippen LogP contribution in [0.25, 0.3) is 11.0 Å². The first kappa shape index (κ1) is 10.0. The predicted molar refractivity (Wildman–Crippen MR) is 59.7 cm³/mol. The number of pyridine rings is 1. The molecular weight excluding hydrogens is 210 g/mol. The van der Waals surface area contributed by atoms with Crippen molar-refractivity contribution in [3.63, 3.8) is 0 Å². The molecule has 2 rings (SSSR count). The van der Waals surface area contributed by atoms with Gasteiger partial charge in [-0.15, -0.1) is 0 Å². The maximum Gasteiger partial charge on any atom is 0.0927 e. The Morgan fingerprint density at radius 1 is 1.53 bits per heavy atom. The van der Waals surface area contributed by atoms with Crippen LogP contribution in [0, 0.1) is 11.3 Å². The summed E-state index contributed by atoms with van der Waals surface area (Å²) in [5, 5.41) is 9.65. The van der Waals surface area contributed by atoms with Crippen LogP contribution < -0.4 is 0 Å². The Kier molecular flexibility index (Phi) is 2.17. The molecule has 0 fully saturated rings. The number of nitriles is 1. The molecule has 2 heterocycles. The summed E-state index contributed by atoms with van der Waals surface area (Å²) in [5.74, 6) is 0. The van der Waals surface area contributed by atoms with Crippen LogP contribution in [0.1, 0.15) is 19.4 Å². The van der Waals surface area contributed by atoms with Crippen LogP contribution in [-0.2, 0) is 5.41 Å². The van der Waals surface area contributed by atoms with Crippen molar-refractivity contribution < 1.29 is 0 Å². The number of halogens is 1. The second-order valence-corrected chi connectivity index (χ2v) is 4.43. The lowest BCUT2D eigenvalue weighted by molar-refractivity contribution is 0.692. The largest absolute Gasteiger partial charge is 0.359 e. The Labute approximate surface area is 92.7 Å². The van der Waals surface area contributed by atoms with Crippen molar-refractivity contribution in [2.45, 2.75) is 19.3 Å². The summed E-state index contributed by atoms with van der Waals surface area (Å²) in [5.41, 5.74) is 2.03. The van der Waals surface area contributed by atoms with Gasteiger partial charge in [-0.25, -0.2) is 0 Å². The Morgan fingerprint density at radius 2 is 2.27 bits per heavy atom. The van der Waals surface area contributed by atoms with Crippen molar-refractivity contribution in [1.29, 1.82) is 5.26 Å². The van der Waals surface area contributed by atoms with Crippen LogP contribution in [0.15, 0.2) is 18.5 Å². The van der Waals surface area contributed by atoms with Crippen molar-refractivity contribution in [2.24, 2.45) is 0 Å². The van der Waals surface area contributed by atoms with Gasteiger partial charge in [-0.3, -0.25) is 4.98 Å². The van der Waals surface area contributed by atoms with Crippen molar-refractivity contribution in [2.75, 3.05) is 0 Å². The van der Waals surface area contributed by atoms with E-state index in [0.717, 1.165) is 16.6 Å². The van der Waals surface area contributed by atoms with Gasteiger partial charge in [-0.05, 0) is 19.9 Å². The first-order valence-electron chi connectivity index (χ1n) is 4.59. The fourth-order valence-electron chi connectivity index (χ4n) is 1.52. The van der Waals surface area contributed by atoms with Crippen molar-refractivity contribution in [3.05, 3.63) is 29.0 Å². The van der Waals surface area contributed by atoms with Gasteiger partial charge in [-0.2, -0.15) is 5.26 Å². The average Bonchev–Trinajstić information content (AvgIpc) is 2.61. The molecule has 0 saturated carbocycles. The Bertz CT molecular complexity index is 548. The highest BCUT2D eigenvalue weighted by molar-refractivity contribution is 6.31. The van der Waals surface area contributed by atoms with Gasteiger partial charge in [0.25, 0.3) is 0 Å². The van der Waals surface area contributed by atoms with Gasteiger partial charge < -0.3 is 4.98 Å². The quantitative estimate of drug-likeness (QED) is 0.802. The van der Waals surface area contributed by atoms with Gasteiger partial charge in [0.2, 0.25) is 0 Å². The van der Waals surface area contributed by atoms with Crippen LogP contribution >= 0.6 is 11.6 Å². The molecule has 4 heteroatoms. The van der Waals surface area contributed by atoms with Gasteiger partial charge in [0.05, 0.1) is 27.5 Å². The minimum Gasteiger partial charge on any atom is -0.359 e. The number of nitrogens with zero attached hydrogens (tertiary/aromatic N) is 2. The zero-order chi connectivity index (χ0) is 11.1. The number of fused-ring (bicyclic) bond motifs is 1. The standard InChI is InChI=1S/C11H10ClN3/c1-11(2,6-13)8-5-14-9-3-7(12)4-15-10(8)9/h3-5,14H,1-2H3. The number of H-pyrrole nitrogens is 1. The summed E-state index contributed by atoms with van der Waals surface area (Å²) < 4.78 is 0. The van der Waals surface area contributed by atoms with E-state index in [1.165, 1.54) is 0 Å². The lowest BCUT2D eigenvalue weighted by Gasteiger charge is -2.12. The molecule has 0 aliphatic rings. The summed E-state index contributed by atoms with van der Waals surface area (Å²) >= 11 is 5.83. The van der Waals surface area contributed by atoms with E-state index in [2.05, 4.69) is 16.0 Å². The van der Waals surface area contributed by atoms with Crippen LogP contribution in [0.4, 0.5) is 0 Å². The number of aromatic nitrogens is 2. The molecule has 0 radical (unpaired) electrons. The first-order chi connectivity index (χ1) is 7.04. The molecule has 0 unspecified atom stereocenters. The summed E-state index contributed by atoms with van der Waals surface area (Å²) in [6, 6.07) is 4.06. The van der Waals surface area contributed by atoms with E-state index in [9.17, 15) is 0 Å². The lowest BCUT2D eigenvalue weighted by Crippen LogP contribution is -2.13. The highest BCUT2D eigenvalue weighted by Crippen LogP contribution is 2.29. The smallest absolute Gasteiger partial charge is 0.0927 e. The minimum absolute atomic E-state index is 0.543. The monoisotopic (exact) mass is 219 g/mol. The van der Waals surface area contributed by atoms with Crippen LogP contribution in [0.3, 0.4) is 0 Å². The highest BCUT2D eigenvalue weighted by atomic mass is 35.5. The first-order valence-corrected chi connectivity index (χ1v) is 4.97. The van der Waals surface area contributed by atoms with Gasteiger partial charge >= 0.3 is 0 Å². The molecule has 1 N–H and O–H groups in total. The van der Waals surface area contributed by atoms with E-state index in [0.29, 0.717) is 5.02 Å². The van der Waals surface area contributed by atoms with E-state index in [1.54, 1.807) is 12.3 Å². The summed E-state index contributed by atoms with van der Waals surface area (Å²) in [4.78, 5) is 7.31. The average molecular weight is 220 g/mol. The zero-order valence-electron chi connectivity index (χ0n) is 8.50. The van der Waals surface area contributed by atoms with E-state index < -0.39 is 5.41 Å². The minimum atomic E-state index is -0.543. The summed E-state index contributed by atoms with van der Waals surface area (Å²) in [6.07, 6.45) is 3.41. The predicted octanol–water partition coefficient (Wildman–Crippen LogP) is 3.02. The van der Waals surface area contributed by atoms with Gasteiger partial charge in [-0.1, -0.05) is 11.6 Å². The molecule has 0 amide bonds. The number of hydrogen-bond acceptors (Lipinski definition) is 2. The molecule has 0 aromatic carbocycles. The van der Waals surface area contributed by atoms with E-state index >= 15 is 0 Å². The van der Waals surface area contributed by atoms with E-state index in [1.807, 2.05) is 20.0 Å². The number of nitrogens with one attached hydrogen (secondary N) is 1. The molecule has 2 aromatic heterocycles. The van der Waals surface area contributed by atoms with Crippen molar-refractivity contribution >= 4 is 22.6 Å². The maximum absolute atomic E-state index is 9.06. The fraction of sp³-hybridized carbons (Fsp3) is 0.273. The van der Waals surface area contributed by atoms with Crippen molar-refractivity contribution in [1.82, 2.24) is 9.97 Å². The molecule has 0 bridgehead atoms. The molecule has 0 aliphatic heterocycles. The molecule has 0 aliphatic carbocycles. The topological polar surface area (TPSA) is 52.5 Å². The summed E-state index contributed by atoms with van der Waals surface area (Å²) in [6.45, 7) is 3.73. The molecule has 3 nitrogen and oxygen atoms in total. The summed E-state index contributed by atoms with van der Waals surface area (Å²) in [7, 11) is 0. The molecule has 76 valence electrons. The molecule has 0 spiro atoms. The fourth-order valence-corrected chi connectivity index (χ4v) is 1.68. The SMILES string of the molecule is CC(C)(C#N)c1c[nH]c2cc(Cl)cnc12. The second-order valence-electron chi connectivity index (χ2n) is 3.99. The molecule has 0 atom stereocenters. The Balaban J connectivity index is 2.71. The number of rotatable bonds is 1. The molecule has 0 saturated heterocycles. The normalized spacial score (nSPS) is 11.6. The zero-order valence-corrected chi connectivity index (χ0v) is 9.26. The third-order valence-corrected chi connectivity index (χ3v) is 2.64. The molecule has 15 heavy (non-hydrogen) atoms. The third-order valence-electron chi connectivity index (χ3n) is 2.43. The van der Waals surface area contributed by atoms with E-state index in [4.69, 9.17) is 16.9 Å². The van der Waals surface area contributed by atoms with Crippen LogP contribution in [0.5, 0.6) is 0 Å². The van der Waals surface area contributed by atoms with Crippen LogP contribution in [-0.4, -0.2) is 9.97 Å². The van der Waals surface area contributed by atoms with E-state index in [-0.39, 0.29) is 0 Å². The van der Waals surface area contributed by atoms with Gasteiger partial charge in [0, 0.05) is 18.0 Å². The lowest BCUT2D eigenvalue weighted by atomic mass is 9.87. The molecular formula is C11H10ClN3. The maximum atomic E-state index is 9.06. The highest BCUT2D eigenvalue weighted by Gasteiger charge is 2.24. The van der Waals surface area contributed by atoms with Crippen molar-refractivity contribution in [3.8, 4) is 6.07 Å². The molecule has 2 aromatic rings. The van der Waals surface area contributed by atoms with Crippen LogP contribution in [0.2, 0.25) is 5.02 Å². The van der Waals surface area contributed by atoms with Gasteiger partial charge in [0.1, 0.15) is 0 Å².